The van der Waals surface area contributed by atoms with Gasteiger partial charge in [-0.3, -0.25) is 0 Å². The van der Waals surface area contributed by atoms with Gasteiger partial charge in [0.1, 0.15) is 16.7 Å². The molecule has 0 spiro atoms. The number of rotatable bonds is 6. The Balaban J connectivity index is 1.06. The molecular formula is C53H37NO2. The van der Waals surface area contributed by atoms with Crippen LogP contribution in [0.15, 0.2) is 203 Å². The molecule has 1 aliphatic rings. The SMILES string of the molecule is CC1CC(N(c2ccc(-c3ccccc3-c3ccccc3)cc2)c2cccc3c2oc2c4ccccc4ccc32)=CC=C1c1ccc2c(c1)oc1ccccc12. The molecule has 2 aromatic heterocycles. The summed E-state index contributed by atoms with van der Waals surface area (Å²) in [6, 6.07) is 62.7. The van der Waals surface area contributed by atoms with Crippen LogP contribution in [0.2, 0.25) is 0 Å². The maximum absolute atomic E-state index is 6.94. The van der Waals surface area contributed by atoms with Gasteiger partial charge in [0.2, 0.25) is 0 Å². The first kappa shape index (κ1) is 32.3. The van der Waals surface area contributed by atoms with Crippen LogP contribution in [0.3, 0.4) is 0 Å². The molecule has 0 amide bonds. The van der Waals surface area contributed by atoms with Gasteiger partial charge < -0.3 is 13.7 Å². The van der Waals surface area contributed by atoms with E-state index in [2.05, 4.69) is 188 Å². The molecule has 2 heterocycles. The molecule has 266 valence electrons. The Morgan fingerprint density at radius 1 is 0.464 bits per heavy atom. The third kappa shape index (κ3) is 5.27. The minimum atomic E-state index is 0.259. The normalized spacial score (nSPS) is 14.5. The summed E-state index contributed by atoms with van der Waals surface area (Å²) < 4.78 is 13.2. The van der Waals surface area contributed by atoms with Crippen LogP contribution in [-0.4, -0.2) is 0 Å². The predicted octanol–water partition coefficient (Wildman–Crippen LogP) is 15.1. The second-order valence-corrected chi connectivity index (χ2v) is 14.9. The van der Waals surface area contributed by atoms with Gasteiger partial charge in [0.15, 0.2) is 5.58 Å². The van der Waals surface area contributed by atoms with Gasteiger partial charge in [-0.2, -0.15) is 0 Å². The van der Waals surface area contributed by atoms with Crippen molar-refractivity contribution in [2.24, 2.45) is 5.92 Å². The summed E-state index contributed by atoms with van der Waals surface area (Å²) in [6.07, 6.45) is 5.45. The molecule has 0 radical (unpaired) electrons. The summed E-state index contributed by atoms with van der Waals surface area (Å²) in [5.74, 6) is 0.259. The molecule has 1 atom stereocenters. The second-order valence-electron chi connectivity index (χ2n) is 14.9. The zero-order chi connectivity index (χ0) is 37.2. The van der Waals surface area contributed by atoms with Crippen molar-refractivity contribution in [3.8, 4) is 22.3 Å². The highest BCUT2D eigenvalue weighted by Gasteiger charge is 2.26. The summed E-state index contributed by atoms with van der Waals surface area (Å²) in [4.78, 5) is 2.41. The van der Waals surface area contributed by atoms with E-state index in [1.165, 1.54) is 44.5 Å². The van der Waals surface area contributed by atoms with E-state index in [0.717, 1.165) is 67.1 Å². The van der Waals surface area contributed by atoms with Gasteiger partial charge in [0.05, 0.1) is 5.69 Å². The van der Waals surface area contributed by atoms with Crippen LogP contribution in [0.5, 0.6) is 0 Å². The molecule has 10 aromatic rings. The third-order valence-electron chi connectivity index (χ3n) is 11.6. The number of hydrogen-bond donors (Lipinski definition) is 0. The van der Waals surface area contributed by atoms with Gasteiger partial charge in [0.25, 0.3) is 0 Å². The number of nitrogens with zero attached hydrogens (tertiary/aromatic N) is 1. The lowest BCUT2D eigenvalue weighted by atomic mass is 9.85. The van der Waals surface area contributed by atoms with Crippen LogP contribution in [0.1, 0.15) is 18.9 Å². The summed E-state index contributed by atoms with van der Waals surface area (Å²) in [5, 5.41) is 6.84. The van der Waals surface area contributed by atoms with Crippen molar-refractivity contribution in [2.75, 3.05) is 4.90 Å². The third-order valence-corrected chi connectivity index (χ3v) is 11.6. The quantitative estimate of drug-likeness (QED) is 0.171. The van der Waals surface area contributed by atoms with Gasteiger partial charge in [-0.25, -0.2) is 0 Å². The molecule has 1 aliphatic carbocycles. The lowest BCUT2D eigenvalue weighted by Gasteiger charge is -2.32. The predicted molar refractivity (Wildman–Crippen MR) is 234 cm³/mol. The second kappa shape index (κ2) is 13.0. The first-order chi connectivity index (χ1) is 27.7. The number of fused-ring (bicyclic) bond motifs is 8. The molecule has 3 nitrogen and oxygen atoms in total. The van der Waals surface area contributed by atoms with Crippen molar-refractivity contribution >= 4 is 71.6 Å². The van der Waals surface area contributed by atoms with Crippen molar-refractivity contribution in [1.82, 2.24) is 0 Å². The van der Waals surface area contributed by atoms with Gasteiger partial charge in [-0.05, 0) is 99.7 Å². The summed E-state index contributed by atoms with van der Waals surface area (Å²) >= 11 is 0. The molecule has 0 saturated carbocycles. The van der Waals surface area contributed by atoms with Crippen LogP contribution >= 0.6 is 0 Å². The average Bonchev–Trinajstić information content (AvgIpc) is 3.83. The van der Waals surface area contributed by atoms with E-state index >= 15 is 0 Å². The Bertz CT molecular complexity index is 3180. The number of furan rings is 2. The highest BCUT2D eigenvalue weighted by Crippen LogP contribution is 2.45. The maximum Gasteiger partial charge on any atom is 0.159 e. The van der Waals surface area contributed by atoms with Crippen LogP contribution < -0.4 is 4.90 Å². The Morgan fingerprint density at radius 3 is 1.93 bits per heavy atom. The van der Waals surface area contributed by atoms with Gasteiger partial charge in [-0.15, -0.1) is 0 Å². The first-order valence-electron chi connectivity index (χ1n) is 19.4. The monoisotopic (exact) mass is 719 g/mol. The Morgan fingerprint density at radius 2 is 1.11 bits per heavy atom. The fourth-order valence-corrected chi connectivity index (χ4v) is 8.84. The Hall–Kier alpha value is -7.10. The molecule has 1 unspecified atom stereocenters. The van der Waals surface area contributed by atoms with Crippen LogP contribution in [-0.2, 0) is 0 Å². The molecule has 56 heavy (non-hydrogen) atoms. The van der Waals surface area contributed by atoms with Crippen LogP contribution in [0, 0.1) is 5.92 Å². The molecule has 11 rings (SSSR count). The van der Waals surface area contributed by atoms with Crippen LogP contribution in [0.4, 0.5) is 11.4 Å². The summed E-state index contributed by atoms with van der Waals surface area (Å²) in [7, 11) is 0. The standard InChI is InChI=1S/C53H37NO2/c1-34-32-40(28-31-41(34)38-25-29-46-45-18-9-10-21-50(45)55-51(46)33-38)54(39-26-22-37(23-27-39)43-16-8-7-15-42(43)35-12-3-2-4-13-35)49-20-11-19-47-48-30-24-36-14-5-6-17-44(36)52(48)56-53(47)49/h2-31,33-34H,32H2,1H3. The summed E-state index contributed by atoms with van der Waals surface area (Å²) in [5.41, 5.74) is 14.3. The highest BCUT2D eigenvalue weighted by atomic mass is 16.3. The zero-order valence-electron chi connectivity index (χ0n) is 30.9. The van der Waals surface area contributed by atoms with Crippen molar-refractivity contribution in [2.45, 2.75) is 13.3 Å². The van der Waals surface area contributed by atoms with E-state index in [4.69, 9.17) is 8.83 Å². The molecule has 0 fully saturated rings. The van der Waals surface area contributed by atoms with E-state index in [-0.39, 0.29) is 5.92 Å². The number of benzene rings is 8. The van der Waals surface area contributed by atoms with E-state index in [0.29, 0.717) is 0 Å². The number of allylic oxidation sites excluding steroid dienone is 4. The van der Waals surface area contributed by atoms with E-state index in [9.17, 15) is 0 Å². The van der Waals surface area contributed by atoms with Gasteiger partial charge in [0, 0.05) is 38.3 Å². The molecule has 0 bridgehead atoms. The maximum atomic E-state index is 6.94. The lowest BCUT2D eigenvalue weighted by Crippen LogP contribution is -2.20. The molecule has 0 N–H and O–H groups in total. The molecule has 8 aromatic carbocycles. The van der Waals surface area contributed by atoms with Crippen LogP contribution in [0.25, 0.3) is 82.5 Å². The molecule has 0 aliphatic heterocycles. The largest absolute Gasteiger partial charge is 0.456 e. The molecule has 3 heteroatoms. The Labute approximate surface area is 325 Å². The van der Waals surface area contributed by atoms with E-state index in [1.54, 1.807) is 0 Å². The minimum absolute atomic E-state index is 0.259. The Kier molecular flexibility index (Phi) is 7.53. The zero-order valence-corrected chi connectivity index (χ0v) is 30.9. The number of para-hydroxylation sites is 2. The number of hydrogen-bond acceptors (Lipinski definition) is 3. The van der Waals surface area contributed by atoms with Crippen molar-refractivity contribution in [3.05, 3.63) is 199 Å². The lowest BCUT2D eigenvalue weighted by molar-refractivity contribution is 0.667. The average molecular weight is 720 g/mol. The molecule has 0 saturated heterocycles. The van der Waals surface area contributed by atoms with Crippen molar-refractivity contribution in [3.63, 3.8) is 0 Å². The van der Waals surface area contributed by atoms with Crippen molar-refractivity contribution < 1.29 is 8.83 Å². The van der Waals surface area contributed by atoms with Gasteiger partial charge >= 0.3 is 0 Å². The topological polar surface area (TPSA) is 29.5 Å². The van der Waals surface area contributed by atoms with Gasteiger partial charge in [-0.1, -0.05) is 146 Å². The van der Waals surface area contributed by atoms with E-state index in [1.807, 2.05) is 12.1 Å². The summed E-state index contributed by atoms with van der Waals surface area (Å²) in [6.45, 7) is 2.33. The fourth-order valence-electron chi connectivity index (χ4n) is 8.84. The highest BCUT2D eigenvalue weighted by molar-refractivity contribution is 6.17. The fraction of sp³-hybridized carbons (Fsp3) is 0.0566. The number of anilines is 2. The van der Waals surface area contributed by atoms with Crippen molar-refractivity contribution in [1.29, 1.82) is 0 Å². The minimum Gasteiger partial charge on any atom is -0.456 e. The molecular weight excluding hydrogens is 683 g/mol. The first-order valence-corrected chi connectivity index (χ1v) is 19.4. The smallest absolute Gasteiger partial charge is 0.159 e. The van der Waals surface area contributed by atoms with E-state index < -0.39 is 0 Å².